The minimum Gasteiger partial charge on any atom is -0.382 e. The third-order valence-corrected chi connectivity index (χ3v) is 9.29. The van der Waals surface area contributed by atoms with Crippen molar-refractivity contribution in [2.45, 2.75) is 55.5 Å². The van der Waals surface area contributed by atoms with Crippen LogP contribution in [-0.2, 0) is 11.2 Å². The quantitative estimate of drug-likeness (QED) is 0.332. The highest BCUT2D eigenvalue weighted by Gasteiger charge is 2.46. The van der Waals surface area contributed by atoms with E-state index in [1.54, 1.807) is 12.3 Å². The molecule has 11 heteroatoms. The van der Waals surface area contributed by atoms with Gasteiger partial charge in [0.25, 0.3) is 5.91 Å². The maximum absolute atomic E-state index is 11.9. The lowest BCUT2D eigenvalue weighted by Crippen LogP contribution is -2.45. The molecule has 1 aliphatic heterocycles. The van der Waals surface area contributed by atoms with Crippen LogP contribution in [-0.4, -0.2) is 40.5 Å². The molecule has 1 atom stereocenters. The van der Waals surface area contributed by atoms with Crippen LogP contribution in [0.1, 0.15) is 54.6 Å². The zero-order valence-electron chi connectivity index (χ0n) is 22.6. The third kappa shape index (κ3) is 5.55. The molecule has 5 rings (SSSR count). The number of benzene rings is 1. The number of aryl methyl sites for hydroxylation is 1. The minimum atomic E-state index is -0.257. The van der Waals surface area contributed by atoms with Gasteiger partial charge in [0, 0.05) is 48.3 Å². The number of carbonyl (C=O) groups excluding carboxylic acids is 1. The molecule has 1 saturated heterocycles. The van der Waals surface area contributed by atoms with Crippen molar-refractivity contribution in [3.8, 4) is 11.8 Å². The summed E-state index contributed by atoms with van der Waals surface area (Å²) in [6.45, 7) is 6.19. The van der Waals surface area contributed by atoms with Crippen molar-refractivity contribution in [3.05, 3.63) is 57.9 Å². The van der Waals surface area contributed by atoms with Crippen LogP contribution in [0.25, 0.3) is 0 Å². The number of nitrogens with one attached hydrogen (secondary N) is 1. The lowest BCUT2D eigenvalue weighted by atomic mass is 9.73. The van der Waals surface area contributed by atoms with E-state index in [4.69, 9.17) is 38.8 Å². The largest absolute Gasteiger partial charge is 0.382 e. The van der Waals surface area contributed by atoms with Crippen LogP contribution < -0.4 is 27.4 Å². The Bertz CT molecular complexity index is 1510. The fourth-order valence-electron chi connectivity index (χ4n) is 5.51. The summed E-state index contributed by atoms with van der Waals surface area (Å²) in [7, 11) is 0. The summed E-state index contributed by atoms with van der Waals surface area (Å²) in [4.78, 5) is 28.4. The molecule has 3 aromatic rings. The van der Waals surface area contributed by atoms with Crippen LogP contribution in [0.2, 0.25) is 5.02 Å². The van der Waals surface area contributed by atoms with E-state index in [0.717, 1.165) is 66.3 Å². The van der Waals surface area contributed by atoms with Gasteiger partial charge in [-0.25, -0.2) is 15.0 Å². The molecule has 0 saturated carbocycles. The molecule has 0 unspecified atom stereocenters. The summed E-state index contributed by atoms with van der Waals surface area (Å²) in [6.07, 6.45) is 5.26. The number of halogens is 1. The Hall–Kier alpha value is -3.52. The number of nitrogen functional groups attached to an aromatic ring is 2. The average Bonchev–Trinajstić information content (AvgIpc) is 3.21. The number of hydrogen-bond donors (Lipinski definition) is 4. The highest BCUT2D eigenvalue weighted by molar-refractivity contribution is 7.99. The summed E-state index contributed by atoms with van der Waals surface area (Å²) >= 11 is 7.63. The number of amides is 1. The van der Waals surface area contributed by atoms with Gasteiger partial charge in [-0.15, -0.1) is 0 Å². The smallest absolute Gasteiger partial charge is 0.296 e. The van der Waals surface area contributed by atoms with E-state index >= 15 is 0 Å². The van der Waals surface area contributed by atoms with Crippen LogP contribution >= 0.6 is 23.4 Å². The molecule has 7 N–H and O–H groups in total. The van der Waals surface area contributed by atoms with Crippen molar-refractivity contribution >= 4 is 46.7 Å². The molecule has 1 aliphatic carbocycles. The zero-order valence-corrected chi connectivity index (χ0v) is 24.2. The molecule has 1 fully saturated rings. The Morgan fingerprint density at radius 3 is 2.75 bits per heavy atom. The van der Waals surface area contributed by atoms with Gasteiger partial charge in [0.15, 0.2) is 11.6 Å². The van der Waals surface area contributed by atoms with E-state index < -0.39 is 0 Å². The zero-order chi connectivity index (χ0) is 28.4. The highest BCUT2D eigenvalue weighted by Crippen LogP contribution is 2.51. The van der Waals surface area contributed by atoms with Crippen molar-refractivity contribution < 1.29 is 4.79 Å². The van der Waals surface area contributed by atoms with E-state index in [1.807, 2.05) is 19.9 Å². The van der Waals surface area contributed by atoms with Gasteiger partial charge in [0.2, 0.25) is 0 Å². The Balaban J connectivity index is 1.27. The number of nitrogens with zero attached hydrogens (tertiary/aromatic N) is 4. The molecule has 40 heavy (non-hydrogen) atoms. The summed E-state index contributed by atoms with van der Waals surface area (Å²) < 4.78 is 0. The summed E-state index contributed by atoms with van der Waals surface area (Å²) in [5, 5.41) is 3.74. The first-order valence-electron chi connectivity index (χ1n) is 13.4. The second kappa shape index (κ2) is 11.5. The van der Waals surface area contributed by atoms with Gasteiger partial charge in [-0.3, -0.25) is 4.79 Å². The fourth-order valence-corrected chi connectivity index (χ4v) is 6.60. The normalized spacial score (nSPS) is 17.3. The summed E-state index contributed by atoms with van der Waals surface area (Å²) in [5.74, 6) is 6.81. The number of pyridine rings is 1. The topological polar surface area (TPSA) is 149 Å². The van der Waals surface area contributed by atoms with E-state index in [0.29, 0.717) is 22.4 Å². The lowest BCUT2D eigenvalue weighted by Gasteiger charge is -2.42. The third-order valence-electron chi connectivity index (χ3n) is 7.72. The molecule has 2 aromatic heterocycles. The first-order chi connectivity index (χ1) is 19.2. The van der Waals surface area contributed by atoms with E-state index in [2.05, 4.69) is 39.2 Å². The number of hydrogen-bond acceptors (Lipinski definition) is 9. The van der Waals surface area contributed by atoms with Gasteiger partial charge in [0.05, 0.1) is 10.7 Å². The Morgan fingerprint density at radius 2 is 2.00 bits per heavy atom. The van der Waals surface area contributed by atoms with E-state index in [1.165, 1.54) is 17.3 Å². The molecule has 208 valence electrons. The highest BCUT2D eigenvalue weighted by atomic mass is 35.5. The molecule has 1 amide bonds. The number of fused-ring (bicyclic) bond motifs is 1. The maximum Gasteiger partial charge on any atom is 0.296 e. The van der Waals surface area contributed by atoms with E-state index in [9.17, 15) is 4.79 Å². The van der Waals surface area contributed by atoms with Crippen molar-refractivity contribution in [3.63, 3.8) is 0 Å². The number of piperidine rings is 1. The lowest BCUT2D eigenvalue weighted by molar-refractivity contribution is -0.115. The van der Waals surface area contributed by atoms with Gasteiger partial charge in [-0.2, -0.15) is 0 Å². The predicted octanol–water partition coefficient (Wildman–Crippen LogP) is 3.87. The summed E-state index contributed by atoms with van der Waals surface area (Å²) in [6, 6.07) is 7.83. The summed E-state index contributed by atoms with van der Waals surface area (Å²) in [5.41, 5.74) is 23.0. The average molecular weight is 577 g/mol. The SMILES string of the molecule is CCCNC(=O)C#Cc1ccc2c(c1)[C@@H](N)C1(CCN(c3nc(N)c(Sc4ccnc(N)c4Cl)nc3C)CC1)C2. The van der Waals surface area contributed by atoms with Gasteiger partial charge in [-0.1, -0.05) is 42.3 Å². The first-order valence-corrected chi connectivity index (χ1v) is 14.6. The van der Waals surface area contributed by atoms with Crippen molar-refractivity contribution in [2.75, 3.05) is 36.0 Å². The van der Waals surface area contributed by atoms with Gasteiger partial charge >= 0.3 is 0 Å². The van der Waals surface area contributed by atoms with Gasteiger partial charge < -0.3 is 27.4 Å². The standard InChI is InChI=1S/C29H33ClN8OS/c1-3-11-34-22(39)7-5-18-4-6-19-16-29(24(31)20(19)15-18)9-13-38(14-10-29)27-17(2)36-28(26(33)37-27)40-21-8-12-35-25(32)23(21)30/h4,6,8,12,15,24H,3,9-11,13-14,16,31H2,1-2H3,(H2,32,35)(H2,33,37)(H,34,39)/t24-/m1/s1. The van der Waals surface area contributed by atoms with Crippen LogP contribution in [0.4, 0.5) is 17.5 Å². The van der Waals surface area contributed by atoms with Crippen LogP contribution in [0.3, 0.4) is 0 Å². The van der Waals surface area contributed by atoms with Crippen molar-refractivity contribution in [1.82, 2.24) is 20.3 Å². The Labute approximate surface area is 243 Å². The molecule has 9 nitrogen and oxygen atoms in total. The number of anilines is 3. The second-order valence-corrected chi connectivity index (χ2v) is 11.8. The molecule has 1 aromatic carbocycles. The minimum absolute atomic E-state index is 0.0237. The number of aromatic nitrogens is 3. The van der Waals surface area contributed by atoms with Gasteiger partial charge in [-0.05, 0) is 67.3 Å². The predicted molar refractivity (Wildman–Crippen MR) is 160 cm³/mol. The first kappa shape index (κ1) is 28.0. The molecule has 0 bridgehead atoms. The maximum atomic E-state index is 11.9. The number of nitrogens with two attached hydrogens (primary N) is 3. The van der Waals surface area contributed by atoms with Crippen molar-refractivity contribution in [1.29, 1.82) is 0 Å². The Kier molecular flexibility index (Phi) is 8.08. The van der Waals surface area contributed by atoms with E-state index in [-0.39, 0.29) is 23.2 Å². The molecular weight excluding hydrogens is 544 g/mol. The van der Waals surface area contributed by atoms with Gasteiger partial charge in [0.1, 0.15) is 10.8 Å². The molecular formula is C29H33ClN8OS. The molecule has 3 heterocycles. The second-order valence-electron chi connectivity index (χ2n) is 10.4. The Morgan fingerprint density at radius 1 is 1.23 bits per heavy atom. The number of carbonyl (C=O) groups is 1. The van der Waals surface area contributed by atoms with Crippen LogP contribution in [0.15, 0.2) is 40.4 Å². The number of rotatable bonds is 5. The molecule has 1 spiro atoms. The van der Waals surface area contributed by atoms with Crippen LogP contribution in [0, 0.1) is 24.2 Å². The van der Waals surface area contributed by atoms with Crippen molar-refractivity contribution in [2.24, 2.45) is 11.1 Å². The molecule has 2 aliphatic rings. The monoisotopic (exact) mass is 576 g/mol. The molecule has 0 radical (unpaired) electrons. The van der Waals surface area contributed by atoms with Crippen LogP contribution in [0.5, 0.6) is 0 Å². The fraction of sp³-hybridized carbons (Fsp3) is 0.379.